The predicted molar refractivity (Wildman–Crippen MR) is 124 cm³/mol. The number of carbonyl (C=O) groups excluding carboxylic acids is 1. The number of piperazine rings is 1. The van der Waals surface area contributed by atoms with Gasteiger partial charge in [0.15, 0.2) is 4.96 Å². The molecule has 0 saturated carbocycles. The number of fused-ring (bicyclic) bond motifs is 1. The molecule has 5 rings (SSSR count). The Hall–Kier alpha value is -3.32. The Labute approximate surface area is 185 Å². The molecule has 1 saturated heterocycles. The van der Waals surface area contributed by atoms with E-state index < -0.39 is 0 Å². The van der Waals surface area contributed by atoms with Crippen molar-refractivity contribution in [3.8, 4) is 17.0 Å². The molecule has 6 nitrogen and oxygen atoms in total. The van der Waals surface area contributed by atoms with Crippen LogP contribution >= 0.6 is 11.3 Å². The van der Waals surface area contributed by atoms with E-state index in [2.05, 4.69) is 33.6 Å². The summed E-state index contributed by atoms with van der Waals surface area (Å²) in [7, 11) is 1.67. The van der Waals surface area contributed by atoms with E-state index in [0.717, 1.165) is 53.8 Å². The summed E-state index contributed by atoms with van der Waals surface area (Å²) >= 11 is 1.58. The first kappa shape index (κ1) is 19.6. The quantitative estimate of drug-likeness (QED) is 0.479. The maximum atomic E-state index is 13.0. The summed E-state index contributed by atoms with van der Waals surface area (Å²) in [6.45, 7) is 3.13. The molecular formula is C24H24N4O2S. The van der Waals surface area contributed by atoms with Gasteiger partial charge in [0.2, 0.25) is 5.91 Å². The molecule has 2 aromatic carbocycles. The molecular weight excluding hydrogens is 408 g/mol. The molecule has 0 aliphatic carbocycles. The number of benzene rings is 2. The Morgan fingerprint density at radius 3 is 2.48 bits per heavy atom. The standard InChI is InChI=1S/C24H24N4O2S/c1-30-21-9-7-19(8-10-21)26-11-13-27(14-12-26)23(29)15-20-17-31-24-25-22(16-28(20)24)18-5-3-2-4-6-18/h2-10,16-17H,11-15H2,1H3. The Balaban J connectivity index is 1.23. The lowest BCUT2D eigenvalue weighted by Gasteiger charge is -2.36. The molecule has 0 atom stereocenters. The van der Waals surface area contributed by atoms with Gasteiger partial charge in [-0.2, -0.15) is 0 Å². The van der Waals surface area contributed by atoms with Crippen LogP contribution in [0.5, 0.6) is 5.75 Å². The molecule has 1 aliphatic heterocycles. The summed E-state index contributed by atoms with van der Waals surface area (Å²) in [5.74, 6) is 1.03. The van der Waals surface area contributed by atoms with Gasteiger partial charge >= 0.3 is 0 Å². The molecule has 1 aliphatic rings. The molecule has 0 spiro atoms. The Kier molecular flexibility index (Phi) is 5.34. The summed E-state index contributed by atoms with van der Waals surface area (Å²) in [5.41, 5.74) is 4.19. The van der Waals surface area contributed by atoms with Crippen molar-refractivity contribution in [2.45, 2.75) is 6.42 Å². The first-order valence-electron chi connectivity index (χ1n) is 10.4. The minimum atomic E-state index is 0.170. The number of imidazole rings is 1. The number of amides is 1. The van der Waals surface area contributed by atoms with Crippen LogP contribution in [0.3, 0.4) is 0 Å². The topological polar surface area (TPSA) is 50.1 Å². The first-order valence-corrected chi connectivity index (χ1v) is 11.3. The van der Waals surface area contributed by atoms with Gasteiger partial charge in [0.25, 0.3) is 0 Å². The first-order chi connectivity index (χ1) is 15.2. The largest absolute Gasteiger partial charge is 0.497 e. The summed E-state index contributed by atoms with van der Waals surface area (Å²) in [5, 5.41) is 2.04. The van der Waals surface area contributed by atoms with E-state index >= 15 is 0 Å². The highest BCUT2D eigenvalue weighted by atomic mass is 32.1. The van der Waals surface area contributed by atoms with Crippen LogP contribution < -0.4 is 9.64 Å². The second kappa shape index (κ2) is 8.43. The SMILES string of the molecule is COc1ccc(N2CCN(C(=O)Cc3csc4nc(-c5ccccc5)cn34)CC2)cc1. The maximum Gasteiger partial charge on any atom is 0.228 e. The van der Waals surface area contributed by atoms with Crippen LogP contribution in [0, 0.1) is 0 Å². The average molecular weight is 433 g/mol. The second-order valence-corrected chi connectivity index (χ2v) is 8.45. The summed E-state index contributed by atoms with van der Waals surface area (Å²) < 4.78 is 7.29. The normalized spacial score (nSPS) is 14.2. The zero-order valence-electron chi connectivity index (χ0n) is 17.4. The Bertz CT molecular complexity index is 1180. The van der Waals surface area contributed by atoms with E-state index in [-0.39, 0.29) is 5.91 Å². The van der Waals surface area contributed by atoms with E-state index in [9.17, 15) is 4.79 Å². The molecule has 0 unspecified atom stereocenters. The fraction of sp³-hybridized carbons (Fsp3) is 0.250. The zero-order valence-corrected chi connectivity index (χ0v) is 18.2. The van der Waals surface area contributed by atoms with Gasteiger partial charge < -0.3 is 14.5 Å². The Morgan fingerprint density at radius 2 is 1.77 bits per heavy atom. The van der Waals surface area contributed by atoms with E-state index in [4.69, 9.17) is 9.72 Å². The second-order valence-electron chi connectivity index (χ2n) is 7.61. The van der Waals surface area contributed by atoms with Crippen LogP contribution in [0.2, 0.25) is 0 Å². The van der Waals surface area contributed by atoms with Gasteiger partial charge in [-0.05, 0) is 24.3 Å². The van der Waals surface area contributed by atoms with Gasteiger partial charge in [-0.25, -0.2) is 4.98 Å². The van der Waals surface area contributed by atoms with Crippen LogP contribution in [-0.2, 0) is 11.2 Å². The molecule has 1 fully saturated rings. The summed E-state index contributed by atoms with van der Waals surface area (Å²) in [6.07, 6.45) is 2.43. The van der Waals surface area contributed by atoms with Crippen molar-refractivity contribution in [1.82, 2.24) is 14.3 Å². The van der Waals surface area contributed by atoms with Crippen molar-refractivity contribution in [3.63, 3.8) is 0 Å². The van der Waals surface area contributed by atoms with Gasteiger partial charge in [-0.1, -0.05) is 30.3 Å². The lowest BCUT2D eigenvalue weighted by molar-refractivity contribution is -0.130. The predicted octanol–water partition coefficient (Wildman–Crippen LogP) is 3.96. The smallest absolute Gasteiger partial charge is 0.228 e. The highest BCUT2D eigenvalue weighted by molar-refractivity contribution is 7.15. The van der Waals surface area contributed by atoms with Crippen molar-refractivity contribution in [2.75, 3.05) is 38.2 Å². The van der Waals surface area contributed by atoms with Crippen molar-refractivity contribution in [3.05, 3.63) is 71.9 Å². The average Bonchev–Trinajstić information content (AvgIpc) is 3.42. The van der Waals surface area contributed by atoms with E-state index in [1.807, 2.05) is 46.8 Å². The molecule has 158 valence electrons. The fourth-order valence-corrected chi connectivity index (χ4v) is 4.85. The minimum Gasteiger partial charge on any atom is -0.497 e. The van der Waals surface area contributed by atoms with Gasteiger partial charge in [-0.15, -0.1) is 11.3 Å². The molecule has 2 aromatic heterocycles. The monoisotopic (exact) mass is 432 g/mol. The molecule has 1 amide bonds. The number of rotatable bonds is 5. The van der Waals surface area contributed by atoms with Crippen molar-refractivity contribution in [1.29, 1.82) is 0 Å². The van der Waals surface area contributed by atoms with Gasteiger partial charge in [0, 0.05) is 54.7 Å². The number of hydrogen-bond acceptors (Lipinski definition) is 5. The maximum absolute atomic E-state index is 13.0. The van der Waals surface area contributed by atoms with Gasteiger partial charge in [0.05, 0.1) is 19.2 Å². The van der Waals surface area contributed by atoms with Crippen LogP contribution in [0.1, 0.15) is 5.69 Å². The number of nitrogens with zero attached hydrogens (tertiary/aromatic N) is 4. The molecule has 7 heteroatoms. The zero-order chi connectivity index (χ0) is 21.2. The fourth-order valence-electron chi connectivity index (χ4n) is 3.98. The lowest BCUT2D eigenvalue weighted by atomic mass is 10.2. The third-order valence-corrected chi connectivity index (χ3v) is 6.64. The number of anilines is 1. The minimum absolute atomic E-state index is 0.170. The number of hydrogen-bond donors (Lipinski definition) is 0. The highest BCUT2D eigenvalue weighted by Gasteiger charge is 2.22. The van der Waals surface area contributed by atoms with Crippen LogP contribution in [-0.4, -0.2) is 53.5 Å². The molecule has 3 heterocycles. The van der Waals surface area contributed by atoms with Crippen LogP contribution in [0.25, 0.3) is 16.2 Å². The van der Waals surface area contributed by atoms with Crippen LogP contribution in [0.4, 0.5) is 5.69 Å². The number of methoxy groups -OCH3 is 1. The molecule has 0 bridgehead atoms. The summed E-state index contributed by atoms with van der Waals surface area (Å²) in [6, 6.07) is 18.2. The van der Waals surface area contributed by atoms with Gasteiger partial charge in [0.1, 0.15) is 5.75 Å². The lowest BCUT2D eigenvalue weighted by Crippen LogP contribution is -2.49. The third-order valence-electron chi connectivity index (χ3n) is 5.76. The molecule has 4 aromatic rings. The number of thiazole rings is 1. The molecule has 31 heavy (non-hydrogen) atoms. The summed E-state index contributed by atoms with van der Waals surface area (Å²) in [4.78, 5) is 22.9. The van der Waals surface area contributed by atoms with Crippen molar-refractivity contribution in [2.24, 2.45) is 0 Å². The van der Waals surface area contributed by atoms with Crippen molar-refractivity contribution < 1.29 is 9.53 Å². The van der Waals surface area contributed by atoms with E-state index in [1.165, 1.54) is 5.69 Å². The molecule has 0 radical (unpaired) electrons. The van der Waals surface area contributed by atoms with Crippen molar-refractivity contribution >= 4 is 27.9 Å². The van der Waals surface area contributed by atoms with E-state index in [0.29, 0.717) is 6.42 Å². The van der Waals surface area contributed by atoms with Gasteiger partial charge in [-0.3, -0.25) is 9.20 Å². The van der Waals surface area contributed by atoms with Crippen LogP contribution in [0.15, 0.2) is 66.2 Å². The number of ether oxygens (including phenoxy) is 1. The third kappa shape index (κ3) is 4.01. The molecule has 0 N–H and O–H groups in total. The highest BCUT2D eigenvalue weighted by Crippen LogP contribution is 2.25. The van der Waals surface area contributed by atoms with E-state index in [1.54, 1.807) is 18.4 Å². The number of carbonyl (C=O) groups is 1. The number of aromatic nitrogens is 2. The Morgan fingerprint density at radius 1 is 1.03 bits per heavy atom.